The summed E-state index contributed by atoms with van der Waals surface area (Å²) in [6.45, 7) is 0.0545. The Kier molecular flexibility index (Phi) is 3.72. The maximum atomic E-state index is 13.1. The molecule has 1 aliphatic carbocycles. The van der Waals surface area contributed by atoms with Gasteiger partial charge in [-0.3, -0.25) is 0 Å². The van der Waals surface area contributed by atoms with Crippen LogP contribution in [-0.4, -0.2) is 19.3 Å². The molecular weight excluding hydrogens is 212 g/mol. The van der Waals surface area contributed by atoms with Crippen LogP contribution < -0.4 is 10.1 Å². The third-order valence-corrected chi connectivity index (χ3v) is 2.52. The Morgan fingerprint density at radius 3 is 2.88 bits per heavy atom. The molecule has 1 fully saturated rings. The van der Waals surface area contributed by atoms with Gasteiger partial charge in [0.05, 0.1) is 0 Å². The van der Waals surface area contributed by atoms with E-state index in [1.165, 1.54) is 25.0 Å². The number of hydrogen-bond acceptors (Lipinski definition) is 2. The molecule has 0 atom stereocenters. The lowest BCUT2D eigenvalue weighted by Gasteiger charge is -2.11. The van der Waals surface area contributed by atoms with E-state index in [0.717, 1.165) is 5.56 Å². The van der Waals surface area contributed by atoms with Crippen molar-refractivity contribution in [2.24, 2.45) is 0 Å². The Morgan fingerprint density at radius 2 is 2.19 bits per heavy atom. The fourth-order valence-electron chi connectivity index (χ4n) is 1.52. The molecule has 1 aliphatic rings. The first-order valence-corrected chi connectivity index (χ1v) is 5.50. The highest BCUT2D eigenvalue weighted by Gasteiger charge is 2.20. The summed E-state index contributed by atoms with van der Waals surface area (Å²) in [4.78, 5) is 0. The van der Waals surface area contributed by atoms with Crippen molar-refractivity contribution in [3.05, 3.63) is 29.6 Å². The molecule has 1 N–H and O–H groups in total. The Hall–Kier alpha value is -1.16. The van der Waals surface area contributed by atoms with Crippen LogP contribution >= 0.6 is 0 Å². The van der Waals surface area contributed by atoms with Gasteiger partial charge in [-0.25, -0.2) is 8.78 Å². The van der Waals surface area contributed by atoms with Gasteiger partial charge in [0.1, 0.15) is 24.8 Å². The number of rotatable bonds is 6. The van der Waals surface area contributed by atoms with E-state index in [4.69, 9.17) is 4.74 Å². The Bertz CT molecular complexity index is 353. The summed E-state index contributed by atoms with van der Waals surface area (Å²) in [6.07, 6.45) is 2.35. The van der Waals surface area contributed by atoms with Crippen LogP contribution in [0.4, 0.5) is 8.78 Å². The van der Waals surface area contributed by atoms with Gasteiger partial charge in [0.2, 0.25) is 0 Å². The van der Waals surface area contributed by atoms with Crippen LogP contribution in [0.1, 0.15) is 18.4 Å². The topological polar surface area (TPSA) is 21.3 Å². The van der Waals surface area contributed by atoms with Gasteiger partial charge in [-0.2, -0.15) is 0 Å². The summed E-state index contributed by atoms with van der Waals surface area (Å²) in [5, 5.41) is 3.28. The van der Waals surface area contributed by atoms with Gasteiger partial charge >= 0.3 is 0 Å². The molecule has 88 valence electrons. The molecule has 0 radical (unpaired) electrons. The predicted octanol–water partition coefficient (Wildman–Crippen LogP) is 2.43. The first-order valence-electron chi connectivity index (χ1n) is 5.50. The molecule has 2 rings (SSSR count). The molecular formula is C12H15F2NO. The molecule has 1 saturated carbocycles. The number of nitrogens with one attached hydrogen (secondary N) is 1. The van der Waals surface area contributed by atoms with Crippen molar-refractivity contribution in [1.82, 2.24) is 5.32 Å². The highest BCUT2D eigenvalue weighted by Crippen LogP contribution is 2.23. The third-order valence-electron chi connectivity index (χ3n) is 2.52. The maximum absolute atomic E-state index is 13.1. The lowest BCUT2D eigenvalue weighted by molar-refractivity contribution is 0.270. The van der Waals surface area contributed by atoms with E-state index in [1.807, 2.05) is 0 Å². The largest absolute Gasteiger partial charge is 0.491 e. The number of ether oxygens (including phenoxy) is 1. The van der Waals surface area contributed by atoms with Gasteiger partial charge in [0.15, 0.2) is 0 Å². The van der Waals surface area contributed by atoms with Crippen LogP contribution in [0.25, 0.3) is 0 Å². The quantitative estimate of drug-likeness (QED) is 0.805. The van der Waals surface area contributed by atoms with Gasteiger partial charge in [-0.1, -0.05) is 0 Å². The summed E-state index contributed by atoms with van der Waals surface area (Å²) < 4.78 is 30.3. The molecule has 0 bridgehead atoms. The summed E-state index contributed by atoms with van der Waals surface area (Å²) >= 11 is 0. The molecule has 0 heterocycles. The number of halogens is 2. The zero-order chi connectivity index (χ0) is 11.4. The van der Waals surface area contributed by atoms with Crippen molar-refractivity contribution in [1.29, 1.82) is 0 Å². The van der Waals surface area contributed by atoms with Crippen LogP contribution in [0.2, 0.25) is 0 Å². The third kappa shape index (κ3) is 3.17. The second-order valence-electron chi connectivity index (χ2n) is 3.94. The van der Waals surface area contributed by atoms with Crippen molar-refractivity contribution >= 4 is 0 Å². The second kappa shape index (κ2) is 5.25. The fraction of sp³-hybridized carbons (Fsp3) is 0.500. The van der Waals surface area contributed by atoms with Crippen molar-refractivity contribution in [2.45, 2.75) is 25.4 Å². The van der Waals surface area contributed by atoms with Gasteiger partial charge < -0.3 is 10.1 Å². The number of hydrogen-bond donors (Lipinski definition) is 1. The monoisotopic (exact) mass is 227 g/mol. The van der Waals surface area contributed by atoms with Crippen molar-refractivity contribution < 1.29 is 13.5 Å². The summed E-state index contributed by atoms with van der Waals surface area (Å²) in [6, 6.07) is 4.86. The molecule has 1 aromatic rings. The molecule has 0 saturated heterocycles. The molecule has 0 spiro atoms. The van der Waals surface area contributed by atoms with Gasteiger partial charge in [0, 0.05) is 18.2 Å². The minimum Gasteiger partial charge on any atom is -0.491 e. The normalized spacial score (nSPS) is 15.1. The molecule has 0 amide bonds. The van der Waals surface area contributed by atoms with Crippen LogP contribution in [0.3, 0.4) is 0 Å². The molecule has 16 heavy (non-hydrogen) atoms. The minimum absolute atomic E-state index is 0.0159. The molecule has 0 aliphatic heterocycles. The predicted molar refractivity (Wildman–Crippen MR) is 57.7 cm³/mol. The van der Waals surface area contributed by atoms with Crippen molar-refractivity contribution in [3.63, 3.8) is 0 Å². The Balaban J connectivity index is 2.01. The molecule has 4 heteroatoms. The summed E-state index contributed by atoms with van der Waals surface area (Å²) in [7, 11) is 0. The fourth-order valence-corrected chi connectivity index (χ4v) is 1.52. The summed E-state index contributed by atoms with van der Waals surface area (Å²) in [5.74, 6) is 0.271. The molecule has 0 unspecified atom stereocenters. The molecule has 0 aromatic heterocycles. The van der Waals surface area contributed by atoms with E-state index in [0.29, 0.717) is 18.3 Å². The zero-order valence-electron chi connectivity index (χ0n) is 9.01. The van der Waals surface area contributed by atoms with Crippen molar-refractivity contribution in [2.75, 3.05) is 13.3 Å². The van der Waals surface area contributed by atoms with Crippen LogP contribution in [0, 0.1) is 5.82 Å². The molecule has 2 nitrogen and oxygen atoms in total. The number of alkyl halides is 1. The second-order valence-corrected chi connectivity index (χ2v) is 3.94. The average molecular weight is 227 g/mol. The Labute approximate surface area is 93.6 Å². The zero-order valence-corrected chi connectivity index (χ0v) is 9.01. The van der Waals surface area contributed by atoms with Gasteiger partial charge in [-0.15, -0.1) is 0 Å². The maximum Gasteiger partial charge on any atom is 0.124 e. The van der Waals surface area contributed by atoms with Crippen LogP contribution in [0.15, 0.2) is 18.2 Å². The van der Waals surface area contributed by atoms with Gasteiger partial charge in [0.25, 0.3) is 0 Å². The average Bonchev–Trinajstić information content (AvgIpc) is 3.09. The van der Waals surface area contributed by atoms with E-state index in [2.05, 4.69) is 5.32 Å². The Morgan fingerprint density at radius 1 is 1.38 bits per heavy atom. The van der Waals surface area contributed by atoms with E-state index in [1.54, 1.807) is 6.07 Å². The van der Waals surface area contributed by atoms with Gasteiger partial charge in [-0.05, 0) is 31.0 Å². The first-order chi connectivity index (χ1) is 7.79. The highest BCUT2D eigenvalue weighted by molar-refractivity contribution is 5.34. The smallest absolute Gasteiger partial charge is 0.124 e. The SMILES string of the molecule is FCCOc1ccc(F)cc1CNC1CC1. The standard InChI is InChI=1S/C12H15F2NO/c13-5-6-16-12-4-1-10(14)7-9(12)8-15-11-2-3-11/h1,4,7,11,15H,2-3,5-6,8H2. The van der Waals surface area contributed by atoms with E-state index in [9.17, 15) is 8.78 Å². The van der Waals surface area contributed by atoms with Crippen molar-refractivity contribution in [3.8, 4) is 5.75 Å². The summed E-state index contributed by atoms with van der Waals surface area (Å²) in [5.41, 5.74) is 0.750. The minimum atomic E-state index is -0.535. The first kappa shape index (κ1) is 11.3. The molecule has 1 aromatic carbocycles. The highest BCUT2D eigenvalue weighted by atomic mass is 19.1. The lowest BCUT2D eigenvalue weighted by atomic mass is 10.2. The van der Waals surface area contributed by atoms with Crippen LogP contribution in [-0.2, 0) is 6.54 Å². The van der Waals surface area contributed by atoms with Crippen LogP contribution in [0.5, 0.6) is 5.75 Å². The van der Waals surface area contributed by atoms with E-state index < -0.39 is 6.67 Å². The number of benzene rings is 1. The van der Waals surface area contributed by atoms with E-state index in [-0.39, 0.29) is 12.4 Å². The lowest BCUT2D eigenvalue weighted by Crippen LogP contribution is -2.16. The van der Waals surface area contributed by atoms with E-state index >= 15 is 0 Å².